The van der Waals surface area contributed by atoms with Gasteiger partial charge in [0.1, 0.15) is 29.9 Å². The third-order valence-corrected chi connectivity index (χ3v) is 10.0. The number of carbonyl (C=O) groups excluding carboxylic acids is 2. The molecule has 2 aliphatic rings. The van der Waals surface area contributed by atoms with E-state index in [1.165, 1.54) is 11.8 Å². The van der Waals surface area contributed by atoms with Gasteiger partial charge in [0.2, 0.25) is 12.1 Å². The van der Waals surface area contributed by atoms with E-state index in [2.05, 4.69) is 4.99 Å². The molecule has 0 aromatic heterocycles. The van der Waals surface area contributed by atoms with Crippen molar-refractivity contribution in [2.24, 2.45) is 4.99 Å². The molecule has 1 fully saturated rings. The van der Waals surface area contributed by atoms with Crippen LogP contribution >= 0.6 is 0 Å². The van der Waals surface area contributed by atoms with E-state index in [-0.39, 0.29) is 34.7 Å². The standard InChI is InChI=1S/C39H48N3O7/c1-25(2)41(27(5)43)33-22-23-42(26(3)4,37(45)40-33)34-24-38(6,46)36(49-34)35(44)39(28-12-10-9-11-13-28,29-14-18-31(47-7)19-15-29)30-16-20-32(48-8)21-17-30/h9-23,25-26,34-36,44,46H,24H2,1-8H3/q+1/t34-,35?,36-,38+,42?/m1/s1. The minimum atomic E-state index is -1.58. The summed E-state index contributed by atoms with van der Waals surface area (Å²) >= 11 is 0. The van der Waals surface area contributed by atoms with Gasteiger partial charge in [-0.05, 0) is 75.6 Å². The Hall–Kier alpha value is -4.35. The van der Waals surface area contributed by atoms with Gasteiger partial charge in [-0.2, -0.15) is 4.48 Å². The maximum absolute atomic E-state index is 14.1. The van der Waals surface area contributed by atoms with Gasteiger partial charge in [-0.15, -0.1) is 4.99 Å². The molecule has 0 aliphatic carbocycles. The van der Waals surface area contributed by atoms with E-state index in [1.807, 2.05) is 107 Å². The number of ether oxygens (including phenoxy) is 3. The number of hydrogen-bond acceptors (Lipinski definition) is 7. The van der Waals surface area contributed by atoms with Crippen molar-refractivity contribution in [2.75, 3.05) is 14.2 Å². The summed E-state index contributed by atoms with van der Waals surface area (Å²) in [4.78, 5) is 32.5. The summed E-state index contributed by atoms with van der Waals surface area (Å²) in [5, 5.41) is 25.1. The third kappa shape index (κ3) is 6.18. The Morgan fingerprint density at radius 2 is 1.45 bits per heavy atom. The number of benzene rings is 3. The Bertz CT molecular complexity index is 1650. The second-order valence-corrected chi connectivity index (χ2v) is 13.6. The molecule has 0 radical (unpaired) electrons. The highest BCUT2D eigenvalue weighted by Crippen LogP contribution is 2.49. The third-order valence-electron chi connectivity index (χ3n) is 10.0. The number of aliphatic imine (C=N–C) groups is 1. The number of nitrogens with zero attached hydrogens (tertiary/aromatic N) is 3. The molecular weight excluding hydrogens is 622 g/mol. The number of methoxy groups -OCH3 is 2. The molecule has 2 N–H and O–H groups in total. The normalized spacial score (nSPS) is 24.6. The molecule has 2 heterocycles. The topological polar surface area (TPSA) is 118 Å². The van der Waals surface area contributed by atoms with Crippen LogP contribution in [-0.2, 0) is 14.9 Å². The van der Waals surface area contributed by atoms with Gasteiger partial charge in [0.05, 0.1) is 37.7 Å². The van der Waals surface area contributed by atoms with E-state index in [1.54, 1.807) is 33.4 Å². The Morgan fingerprint density at radius 1 is 0.939 bits per heavy atom. The second-order valence-electron chi connectivity index (χ2n) is 13.6. The van der Waals surface area contributed by atoms with Gasteiger partial charge in [0.15, 0.2) is 5.84 Å². The summed E-state index contributed by atoms with van der Waals surface area (Å²) in [7, 11) is 3.19. The fourth-order valence-electron chi connectivity index (χ4n) is 7.49. The van der Waals surface area contributed by atoms with Crippen LogP contribution in [0.15, 0.2) is 96.1 Å². The molecule has 0 bridgehead atoms. The summed E-state index contributed by atoms with van der Waals surface area (Å²) in [5.74, 6) is 1.33. The summed E-state index contributed by atoms with van der Waals surface area (Å²) < 4.78 is 17.4. The van der Waals surface area contributed by atoms with E-state index < -0.39 is 35.5 Å². The Kier molecular flexibility index (Phi) is 10.2. The number of amides is 3. The number of aliphatic hydroxyl groups excluding tert-OH is 1. The number of amidine groups is 1. The Labute approximate surface area is 288 Å². The van der Waals surface area contributed by atoms with E-state index >= 15 is 0 Å². The summed E-state index contributed by atoms with van der Waals surface area (Å²) in [5.41, 5.74) is -0.569. The molecule has 0 saturated carbocycles. The maximum atomic E-state index is 14.1. The zero-order chi connectivity index (χ0) is 35.7. The van der Waals surface area contributed by atoms with Crippen LogP contribution in [0.2, 0.25) is 0 Å². The van der Waals surface area contributed by atoms with Crippen molar-refractivity contribution in [3.05, 3.63) is 108 Å². The molecule has 49 heavy (non-hydrogen) atoms. The minimum Gasteiger partial charge on any atom is -0.497 e. The fraction of sp³-hybridized carbons (Fsp3) is 0.410. The number of rotatable bonds is 10. The van der Waals surface area contributed by atoms with Crippen molar-refractivity contribution >= 4 is 17.8 Å². The van der Waals surface area contributed by atoms with Crippen LogP contribution < -0.4 is 9.47 Å². The summed E-state index contributed by atoms with van der Waals surface area (Å²) in [6.07, 6.45) is -0.0000559. The smallest absolute Gasteiger partial charge is 0.451 e. The first-order valence-corrected chi connectivity index (χ1v) is 16.6. The number of carbonyl (C=O) groups is 2. The van der Waals surface area contributed by atoms with Crippen LogP contribution in [-0.4, -0.2) is 87.7 Å². The van der Waals surface area contributed by atoms with Gasteiger partial charge in [-0.1, -0.05) is 54.6 Å². The zero-order valence-corrected chi connectivity index (χ0v) is 29.5. The lowest BCUT2D eigenvalue weighted by Gasteiger charge is -2.44. The lowest BCUT2D eigenvalue weighted by molar-refractivity contribution is -0.871. The van der Waals surface area contributed by atoms with Crippen molar-refractivity contribution in [2.45, 2.75) is 89.5 Å². The van der Waals surface area contributed by atoms with Crippen molar-refractivity contribution < 1.29 is 38.5 Å². The highest BCUT2D eigenvalue weighted by atomic mass is 16.6. The first kappa shape index (κ1) is 35.9. The van der Waals surface area contributed by atoms with Gasteiger partial charge in [0.25, 0.3) is 0 Å². The van der Waals surface area contributed by atoms with Crippen LogP contribution in [0.4, 0.5) is 4.79 Å². The molecule has 10 heteroatoms. The zero-order valence-electron chi connectivity index (χ0n) is 29.5. The molecule has 10 nitrogen and oxygen atoms in total. The lowest BCUT2D eigenvalue weighted by atomic mass is 9.63. The average molecular weight is 671 g/mol. The first-order chi connectivity index (χ1) is 23.2. The van der Waals surface area contributed by atoms with Crippen molar-refractivity contribution in [3.8, 4) is 11.5 Å². The van der Waals surface area contributed by atoms with Crippen molar-refractivity contribution in [1.29, 1.82) is 0 Å². The summed E-state index contributed by atoms with van der Waals surface area (Å²) in [6, 6.07) is 23.5. The molecule has 0 spiro atoms. The predicted molar refractivity (Wildman–Crippen MR) is 187 cm³/mol. The Balaban J connectivity index is 1.65. The molecule has 1 saturated heterocycles. The SMILES string of the molecule is COc1ccc(C(c2ccccc2)(c2ccc(OC)cc2)C(O)[C@H]2O[C@@H]([N+]3(C(C)C)C=CC(N(C(C)=O)C(C)C)=NC3=O)C[C@]2(C)O)cc1. The number of aliphatic hydroxyl groups is 2. The van der Waals surface area contributed by atoms with Crippen molar-refractivity contribution in [3.63, 3.8) is 0 Å². The van der Waals surface area contributed by atoms with E-state index in [0.717, 1.165) is 16.7 Å². The molecule has 260 valence electrons. The molecule has 5 rings (SSSR count). The molecule has 3 amide bonds. The van der Waals surface area contributed by atoms with Crippen LogP contribution in [0.5, 0.6) is 11.5 Å². The van der Waals surface area contributed by atoms with E-state index in [4.69, 9.17) is 14.2 Å². The van der Waals surface area contributed by atoms with Crippen LogP contribution in [0.25, 0.3) is 0 Å². The molecular formula is C39H48N3O7+. The van der Waals surface area contributed by atoms with Gasteiger partial charge in [0, 0.05) is 19.0 Å². The molecule has 3 aromatic carbocycles. The monoisotopic (exact) mass is 670 g/mol. The van der Waals surface area contributed by atoms with E-state index in [0.29, 0.717) is 11.5 Å². The summed E-state index contributed by atoms with van der Waals surface area (Å²) in [6.45, 7) is 10.6. The highest BCUT2D eigenvalue weighted by Gasteiger charge is 2.62. The predicted octanol–water partition coefficient (Wildman–Crippen LogP) is 5.79. The van der Waals surface area contributed by atoms with Gasteiger partial charge < -0.3 is 24.4 Å². The Morgan fingerprint density at radius 3 is 1.88 bits per heavy atom. The molecule has 2 aliphatic heterocycles. The highest BCUT2D eigenvalue weighted by molar-refractivity contribution is 6.08. The van der Waals surface area contributed by atoms with Crippen LogP contribution in [0, 0.1) is 0 Å². The van der Waals surface area contributed by atoms with Crippen molar-refractivity contribution in [1.82, 2.24) is 4.90 Å². The molecule has 3 aromatic rings. The lowest BCUT2D eigenvalue weighted by Crippen LogP contribution is -2.61. The molecule has 2 unspecified atom stereocenters. The van der Waals surface area contributed by atoms with Gasteiger partial charge in [-0.3, -0.25) is 9.69 Å². The maximum Gasteiger partial charge on any atom is 0.451 e. The quantitative estimate of drug-likeness (QED) is 0.207. The second kappa shape index (κ2) is 13.9. The number of quaternary nitrogens is 1. The van der Waals surface area contributed by atoms with Gasteiger partial charge in [-0.25, -0.2) is 4.79 Å². The van der Waals surface area contributed by atoms with Gasteiger partial charge >= 0.3 is 6.03 Å². The largest absolute Gasteiger partial charge is 0.497 e. The number of hydrogen-bond donors (Lipinski definition) is 2. The minimum absolute atomic E-state index is 0.0323. The fourth-order valence-corrected chi connectivity index (χ4v) is 7.49. The first-order valence-electron chi connectivity index (χ1n) is 16.6. The molecule has 5 atom stereocenters. The van der Waals surface area contributed by atoms with E-state index in [9.17, 15) is 19.8 Å². The van der Waals surface area contributed by atoms with Crippen LogP contribution in [0.1, 0.15) is 64.7 Å². The number of urea groups is 1. The van der Waals surface area contributed by atoms with Crippen LogP contribution in [0.3, 0.4) is 0 Å². The average Bonchev–Trinajstić information content (AvgIpc) is 3.40.